The summed E-state index contributed by atoms with van der Waals surface area (Å²) in [4.78, 5) is 24.4. The Kier molecular flexibility index (Phi) is 9.00. The van der Waals surface area contributed by atoms with Gasteiger partial charge < -0.3 is 24.8 Å². The molecule has 1 aromatic carbocycles. The van der Waals surface area contributed by atoms with Gasteiger partial charge in [0, 0.05) is 44.9 Å². The molecule has 2 saturated heterocycles. The fraction of sp³-hybridized carbons (Fsp3) is 0.594. The number of nitrogens with one attached hydrogen (secondary N) is 1. The number of halogens is 2. The SMILES string of the molecule is Cn1cc2c(Cl)c(-c3nn(COCC[Si](C)(C)C)c4nc(N5[C@H]6CC[C@@H]5[C@@H](F)[C@@H](NC(=O)OC(C)(C)C)C6)c(CO)nc34)ccc2n1. The lowest BCUT2D eigenvalue weighted by Crippen LogP contribution is -2.59. The number of alkyl carbamates (subject to hydrolysis) is 1. The number of aryl methyl sites for hydroxylation is 1. The third kappa shape index (κ3) is 6.83. The number of rotatable bonds is 9. The Hall–Kier alpha value is -3.33. The minimum absolute atomic E-state index is 0.116. The number of alkyl halides is 1. The zero-order valence-corrected chi connectivity index (χ0v) is 29.8. The number of hydrogen-bond acceptors (Lipinski definition) is 9. The topological polar surface area (TPSA) is 132 Å². The zero-order chi connectivity index (χ0) is 33.8. The van der Waals surface area contributed by atoms with Crippen molar-refractivity contribution in [2.45, 2.75) is 109 Å². The van der Waals surface area contributed by atoms with Crippen LogP contribution < -0.4 is 10.2 Å². The molecule has 2 bridgehead atoms. The second-order valence-corrected chi connectivity index (χ2v) is 20.8. The van der Waals surface area contributed by atoms with Crippen molar-refractivity contribution in [1.82, 2.24) is 34.8 Å². The molecule has 3 aromatic heterocycles. The van der Waals surface area contributed by atoms with E-state index in [1.807, 2.05) is 30.3 Å². The zero-order valence-electron chi connectivity index (χ0n) is 28.0. The highest BCUT2D eigenvalue weighted by Gasteiger charge is 2.50. The minimum atomic E-state index is -1.37. The average molecular weight is 687 g/mol. The van der Waals surface area contributed by atoms with E-state index in [9.17, 15) is 9.90 Å². The first kappa shape index (κ1) is 33.6. The second kappa shape index (κ2) is 12.6. The number of aromatic nitrogens is 6. The molecule has 254 valence electrons. The lowest BCUT2D eigenvalue weighted by Gasteiger charge is -2.42. The van der Waals surface area contributed by atoms with E-state index < -0.39 is 44.6 Å². The van der Waals surface area contributed by atoms with Crippen LogP contribution in [0, 0.1) is 0 Å². The number of piperidine rings is 1. The van der Waals surface area contributed by atoms with Gasteiger partial charge in [0.15, 0.2) is 11.5 Å². The highest BCUT2D eigenvalue weighted by Crippen LogP contribution is 2.43. The normalized spacial score (nSPS) is 21.6. The highest BCUT2D eigenvalue weighted by molar-refractivity contribution is 6.76. The molecule has 1 amide bonds. The van der Waals surface area contributed by atoms with E-state index in [-0.39, 0.29) is 12.8 Å². The Labute approximate surface area is 279 Å². The molecule has 2 fully saturated rings. The Morgan fingerprint density at radius 3 is 2.66 bits per heavy atom. The van der Waals surface area contributed by atoms with Gasteiger partial charge in [-0.1, -0.05) is 31.2 Å². The number of carbonyl (C=O) groups excluding carboxylic acids is 1. The molecule has 47 heavy (non-hydrogen) atoms. The number of anilines is 1. The number of hydrogen-bond donors (Lipinski definition) is 2. The summed E-state index contributed by atoms with van der Waals surface area (Å²) in [6.07, 6.45) is 1.51. The summed E-state index contributed by atoms with van der Waals surface area (Å²) < 4.78 is 31.0. The van der Waals surface area contributed by atoms with Crippen molar-refractivity contribution in [1.29, 1.82) is 0 Å². The van der Waals surface area contributed by atoms with Crippen molar-refractivity contribution in [2.24, 2.45) is 7.05 Å². The van der Waals surface area contributed by atoms with Gasteiger partial charge >= 0.3 is 6.09 Å². The van der Waals surface area contributed by atoms with Gasteiger partial charge in [-0.15, -0.1) is 0 Å². The molecular formula is C32H44ClFN8O4Si. The van der Waals surface area contributed by atoms with Crippen molar-refractivity contribution in [3.63, 3.8) is 0 Å². The number of nitrogens with zero attached hydrogens (tertiary/aromatic N) is 7. The number of aliphatic hydroxyl groups excluding tert-OH is 1. The number of fused-ring (bicyclic) bond motifs is 4. The molecule has 4 aromatic rings. The molecule has 0 unspecified atom stereocenters. The predicted octanol–water partition coefficient (Wildman–Crippen LogP) is 5.81. The summed E-state index contributed by atoms with van der Waals surface area (Å²) in [6, 6.07) is 3.36. The highest BCUT2D eigenvalue weighted by atomic mass is 35.5. The van der Waals surface area contributed by atoms with Gasteiger partial charge in [-0.25, -0.2) is 23.8 Å². The average Bonchev–Trinajstić information content (AvgIpc) is 3.64. The van der Waals surface area contributed by atoms with Crippen molar-refractivity contribution >= 4 is 53.7 Å². The number of carbonyl (C=O) groups is 1. The van der Waals surface area contributed by atoms with Crippen molar-refractivity contribution in [2.75, 3.05) is 11.5 Å². The van der Waals surface area contributed by atoms with Crippen LogP contribution in [0.2, 0.25) is 30.7 Å². The first-order valence-electron chi connectivity index (χ1n) is 16.1. The Morgan fingerprint density at radius 2 is 1.96 bits per heavy atom. The van der Waals surface area contributed by atoms with Gasteiger partial charge in [-0.05, 0) is 58.2 Å². The molecule has 15 heteroatoms. The van der Waals surface area contributed by atoms with Crippen LogP contribution in [0.1, 0.15) is 45.7 Å². The van der Waals surface area contributed by atoms with Gasteiger partial charge in [0.25, 0.3) is 0 Å². The van der Waals surface area contributed by atoms with Crippen molar-refractivity contribution < 1.29 is 23.8 Å². The Bertz CT molecular complexity index is 1800. The molecule has 0 saturated carbocycles. The number of aliphatic hydroxyl groups is 1. The van der Waals surface area contributed by atoms with E-state index >= 15 is 4.39 Å². The van der Waals surface area contributed by atoms with Crippen LogP contribution in [-0.2, 0) is 29.9 Å². The van der Waals surface area contributed by atoms with Crippen LogP contribution in [0.5, 0.6) is 0 Å². The molecule has 0 radical (unpaired) electrons. The Morgan fingerprint density at radius 1 is 1.19 bits per heavy atom. The molecule has 2 aliphatic heterocycles. The maximum atomic E-state index is 16.1. The van der Waals surface area contributed by atoms with Crippen molar-refractivity contribution in [3.05, 3.63) is 29.0 Å². The van der Waals surface area contributed by atoms with E-state index in [1.165, 1.54) is 0 Å². The van der Waals surface area contributed by atoms with E-state index in [1.54, 1.807) is 30.1 Å². The maximum Gasteiger partial charge on any atom is 0.407 e. The van der Waals surface area contributed by atoms with E-state index in [2.05, 4.69) is 30.1 Å². The van der Waals surface area contributed by atoms with E-state index in [0.717, 1.165) is 16.9 Å². The smallest absolute Gasteiger partial charge is 0.407 e. The third-order valence-electron chi connectivity index (χ3n) is 8.74. The summed E-state index contributed by atoms with van der Waals surface area (Å²) in [5.41, 5.74) is 2.45. The quantitative estimate of drug-likeness (QED) is 0.165. The summed E-state index contributed by atoms with van der Waals surface area (Å²) in [5, 5.41) is 24.0. The number of ether oxygens (including phenoxy) is 2. The fourth-order valence-electron chi connectivity index (χ4n) is 6.56. The molecule has 12 nitrogen and oxygen atoms in total. The van der Waals surface area contributed by atoms with Gasteiger partial charge in [0.05, 0.1) is 29.2 Å². The number of amides is 1. The first-order valence-corrected chi connectivity index (χ1v) is 20.2. The monoisotopic (exact) mass is 686 g/mol. The van der Waals surface area contributed by atoms with Crippen LogP contribution in [0.15, 0.2) is 18.3 Å². The van der Waals surface area contributed by atoms with Crippen LogP contribution >= 0.6 is 11.6 Å². The van der Waals surface area contributed by atoms with Gasteiger partial charge in [-0.3, -0.25) is 4.68 Å². The molecular weight excluding hydrogens is 643 g/mol. The van der Waals surface area contributed by atoms with Crippen molar-refractivity contribution in [3.8, 4) is 11.3 Å². The lowest BCUT2D eigenvalue weighted by molar-refractivity contribution is 0.0447. The number of benzene rings is 1. The second-order valence-electron chi connectivity index (χ2n) is 14.8. The van der Waals surface area contributed by atoms with Crippen LogP contribution in [0.3, 0.4) is 0 Å². The molecule has 2 N–H and O–H groups in total. The molecule has 0 aliphatic carbocycles. The predicted molar refractivity (Wildman–Crippen MR) is 182 cm³/mol. The first-order chi connectivity index (χ1) is 22.1. The lowest BCUT2D eigenvalue weighted by atomic mass is 9.95. The molecule has 6 rings (SSSR count). The Balaban J connectivity index is 1.39. The van der Waals surface area contributed by atoms with Gasteiger partial charge in [-0.2, -0.15) is 10.2 Å². The summed E-state index contributed by atoms with van der Waals surface area (Å²) in [5.74, 6) is 0.412. The van der Waals surface area contributed by atoms with E-state index in [4.69, 9.17) is 36.1 Å². The molecule has 5 heterocycles. The standard InChI is InChI=1S/C32H44ClFN8O4Si/c1-32(2,3)46-31(44)36-22-14-18-8-11-24(26(22)34)42(18)29-23(16-43)35-28-27(19-9-10-21-20(25(19)33)15-40(4)38-21)39-41(30(28)37-29)17-45-12-13-47(5,6)7/h9-10,15,18,22,24,26,43H,8,11-14,16-17H2,1-7H3,(H,36,44)/t18-,22-,24+,26-/m0/s1. The minimum Gasteiger partial charge on any atom is -0.444 e. The largest absolute Gasteiger partial charge is 0.444 e. The van der Waals surface area contributed by atoms with Gasteiger partial charge in [0.1, 0.15) is 35.4 Å². The van der Waals surface area contributed by atoms with Crippen LogP contribution in [0.4, 0.5) is 15.0 Å². The van der Waals surface area contributed by atoms with Crippen LogP contribution in [-0.4, -0.2) is 85.3 Å². The fourth-order valence-corrected chi connectivity index (χ4v) is 7.61. The molecule has 4 atom stereocenters. The summed E-state index contributed by atoms with van der Waals surface area (Å²) in [7, 11) is 0.510. The summed E-state index contributed by atoms with van der Waals surface area (Å²) >= 11 is 6.93. The van der Waals surface area contributed by atoms with Crippen LogP contribution in [0.25, 0.3) is 33.3 Å². The molecule has 0 spiro atoms. The maximum absolute atomic E-state index is 16.1. The third-order valence-corrected chi connectivity index (χ3v) is 10.9. The van der Waals surface area contributed by atoms with Gasteiger partial charge in [0.2, 0.25) is 0 Å². The summed E-state index contributed by atoms with van der Waals surface area (Å²) in [6.45, 7) is 12.5. The molecule has 2 aliphatic rings. The van der Waals surface area contributed by atoms with E-state index in [0.29, 0.717) is 64.8 Å².